The molecule has 14 heavy (non-hydrogen) atoms. The van der Waals surface area contributed by atoms with E-state index in [1.165, 1.54) is 23.3 Å². The topological polar surface area (TPSA) is 42.9 Å². The maximum absolute atomic E-state index is 11.4. The summed E-state index contributed by atoms with van der Waals surface area (Å²) in [6, 6.07) is 5.49. The predicted octanol–water partition coefficient (Wildman–Crippen LogP) is 2.83. The van der Waals surface area contributed by atoms with Crippen LogP contribution in [-0.2, 0) is 0 Å². The van der Waals surface area contributed by atoms with Crippen molar-refractivity contribution in [2.75, 3.05) is 6.26 Å². The van der Waals surface area contributed by atoms with Crippen LogP contribution in [0.2, 0.25) is 0 Å². The molecule has 1 aromatic carbocycles. The first kappa shape index (κ1) is 11.1. The van der Waals surface area contributed by atoms with Gasteiger partial charge in [0.15, 0.2) is 0 Å². The Morgan fingerprint density at radius 2 is 2.29 bits per heavy atom. The first-order valence-corrected chi connectivity index (χ1v) is 5.62. The summed E-state index contributed by atoms with van der Waals surface area (Å²) in [4.78, 5) is 11.4. The minimum absolute atomic E-state index is 0. The molecule has 3 nitrogen and oxygen atoms in total. The molecule has 1 aromatic heterocycles. The van der Waals surface area contributed by atoms with Gasteiger partial charge in [-0.1, -0.05) is 29.7 Å². The van der Waals surface area contributed by atoms with E-state index in [1.807, 2.05) is 12.1 Å². The Morgan fingerprint density at radius 1 is 1.50 bits per heavy atom. The van der Waals surface area contributed by atoms with Crippen molar-refractivity contribution in [1.82, 2.24) is 9.59 Å². The summed E-state index contributed by atoms with van der Waals surface area (Å²) in [6.45, 7) is 0. The molecule has 0 amide bonds. The minimum atomic E-state index is 0. The number of aromatic nitrogens is 2. The number of hydrogen-bond acceptors (Lipinski definition) is 5. The van der Waals surface area contributed by atoms with Crippen molar-refractivity contribution < 1.29 is 4.79 Å². The third-order valence-electron chi connectivity index (χ3n) is 1.68. The number of benzene rings is 1. The lowest BCUT2D eigenvalue weighted by atomic mass is 10.2. The Hall–Kier alpha value is -0.940. The van der Waals surface area contributed by atoms with E-state index >= 15 is 0 Å². The summed E-state index contributed by atoms with van der Waals surface area (Å²) in [5.74, 6) is 0. The van der Waals surface area contributed by atoms with Crippen molar-refractivity contribution >= 4 is 38.6 Å². The molecule has 0 saturated carbocycles. The van der Waals surface area contributed by atoms with Gasteiger partial charge in [-0.15, -0.1) is 5.10 Å². The fourth-order valence-corrected chi connectivity index (χ4v) is 2.20. The average Bonchev–Trinajstić information content (AvgIpc) is 2.63. The van der Waals surface area contributed by atoms with Crippen LogP contribution >= 0.6 is 23.3 Å². The minimum Gasteiger partial charge on any atom is -0.282 e. The van der Waals surface area contributed by atoms with Crippen molar-refractivity contribution in [3.05, 3.63) is 23.8 Å². The zero-order valence-electron chi connectivity index (χ0n) is 6.85. The van der Waals surface area contributed by atoms with E-state index in [9.17, 15) is 4.79 Å². The molecule has 2 aromatic rings. The van der Waals surface area contributed by atoms with Crippen LogP contribution in [0.3, 0.4) is 0 Å². The summed E-state index contributed by atoms with van der Waals surface area (Å²) in [6.07, 6.45) is 1.77. The van der Waals surface area contributed by atoms with Gasteiger partial charge in [0, 0.05) is 5.56 Å². The van der Waals surface area contributed by atoms with Gasteiger partial charge in [0.25, 0.3) is 0 Å². The second-order valence-electron chi connectivity index (χ2n) is 2.42. The molecule has 5 heteroatoms. The van der Waals surface area contributed by atoms with Gasteiger partial charge in [0.1, 0.15) is 5.52 Å². The Bertz CT molecular complexity index is 453. The quantitative estimate of drug-likeness (QED) is 0.750. The maximum atomic E-state index is 11.4. The van der Waals surface area contributed by atoms with E-state index in [1.54, 1.807) is 12.3 Å². The largest absolute Gasteiger partial charge is 0.282 e. The first-order chi connectivity index (χ1) is 6.33. The fraction of sp³-hybridized carbons (Fsp3) is 0.222. The lowest BCUT2D eigenvalue weighted by Crippen LogP contribution is -1.91. The van der Waals surface area contributed by atoms with Crippen LogP contribution in [0.1, 0.15) is 17.8 Å². The van der Waals surface area contributed by atoms with Crippen LogP contribution in [0.25, 0.3) is 10.2 Å². The second-order valence-corrected chi connectivity index (χ2v) is 3.95. The molecule has 0 spiro atoms. The zero-order chi connectivity index (χ0) is 9.26. The van der Waals surface area contributed by atoms with E-state index in [2.05, 4.69) is 9.59 Å². The monoisotopic (exact) mass is 226 g/mol. The average molecular weight is 226 g/mol. The highest BCUT2D eigenvalue weighted by Crippen LogP contribution is 2.23. The van der Waals surface area contributed by atoms with Gasteiger partial charge in [0.2, 0.25) is 5.12 Å². The third-order valence-corrected chi connectivity index (χ3v) is 3.05. The number of hydrogen-bond donors (Lipinski definition) is 0. The Balaban J connectivity index is 0.000000980. The molecular formula is C9H10N2OS2. The molecule has 0 unspecified atom stereocenters. The van der Waals surface area contributed by atoms with Gasteiger partial charge in [-0.25, -0.2) is 0 Å². The van der Waals surface area contributed by atoms with Gasteiger partial charge in [0.05, 0.1) is 4.70 Å². The summed E-state index contributed by atoms with van der Waals surface area (Å²) < 4.78 is 4.69. The molecule has 0 aliphatic rings. The molecule has 0 fully saturated rings. The molecule has 74 valence electrons. The Morgan fingerprint density at radius 3 is 3.00 bits per heavy atom. The smallest absolute Gasteiger partial charge is 0.220 e. The number of carbonyl (C=O) groups is 1. The van der Waals surface area contributed by atoms with E-state index in [-0.39, 0.29) is 12.5 Å². The standard InChI is InChI=1S/C8H6N2OS2.CH4/c1-12-8(11)5-3-2-4-6-7(5)13-10-9-6;/h2-4H,1H3;1H4. The normalized spacial score (nSPS) is 9.79. The summed E-state index contributed by atoms with van der Waals surface area (Å²) in [5.41, 5.74) is 1.50. The van der Waals surface area contributed by atoms with Crippen molar-refractivity contribution in [3.63, 3.8) is 0 Å². The zero-order valence-corrected chi connectivity index (χ0v) is 8.48. The van der Waals surface area contributed by atoms with Gasteiger partial charge >= 0.3 is 0 Å². The van der Waals surface area contributed by atoms with Gasteiger partial charge in [-0.05, 0) is 29.9 Å². The molecule has 0 saturated heterocycles. The maximum Gasteiger partial charge on any atom is 0.220 e. The molecule has 2 rings (SSSR count). The Labute approximate surface area is 90.7 Å². The number of nitrogens with zero attached hydrogens (tertiary/aromatic N) is 2. The van der Waals surface area contributed by atoms with Crippen LogP contribution in [0, 0.1) is 0 Å². The van der Waals surface area contributed by atoms with Crippen LogP contribution in [0.4, 0.5) is 0 Å². The van der Waals surface area contributed by atoms with E-state index in [4.69, 9.17) is 0 Å². The molecule has 0 aliphatic heterocycles. The van der Waals surface area contributed by atoms with Crippen molar-refractivity contribution in [3.8, 4) is 0 Å². The van der Waals surface area contributed by atoms with Crippen LogP contribution < -0.4 is 0 Å². The Kier molecular flexibility index (Phi) is 3.60. The molecule has 0 bridgehead atoms. The molecule has 0 radical (unpaired) electrons. The van der Waals surface area contributed by atoms with E-state index in [0.717, 1.165) is 10.2 Å². The second kappa shape index (κ2) is 4.52. The van der Waals surface area contributed by atoms with Gasteiger partial charge in [-0.2, -0.15) is 0 Å². The molecule has 0 atom stereocenters. The molecule has 0 N–H and O–H groups in total. The molecule has 1 heterocycles. The summed E-state index contributed by atoms with van der Waals surface area (Å²) in [7, 11) is 0. The number of fused-ring (bicyclic) bond motifs is 1. The highest BCUT2D eigenvalue weighted by molar-refractivity contribution is 8.13. The lowest BCUT2D eigenvalue weighted by Gasteiger charge is -1.95. The van der Waals surface area contributed by atoms with Crippen molar-refractivity contribution in [1.29, 1.82) is 0 Å². The van der Waals surface area contributed by atoms with E-state index in [0.29, 0.717) is 5.56 Å². The highest BCUT2D eigenvalue weighted by atomic mass is 32.2. The number of rotatable bonds is 1. The van der Waals surface area contributed by atoms with Crippen LogP contribution in [0.15, 0.2) is 18.2 Å². The SMILES string of the molecule is C.CSC(=O)c1cccc2nnsc12. The van der Waals surface area contributed by atoms with Gasteiger partial charge < -0.3 is 0 Å². The lowest BCUT2D eigenvalue weighted by molar-refractivity contribution is 0.109. The predicted molar refractivity (Wildman–Crippen MR) is 62.0 cm³/mol. The number of carbonyl (C=O) groups excluding carboxylic acids is 1. The summed E-state index contributed by atoms with van der Waals surface area (Å²) >= 11 is 2.47. The first-order valence-electron chi connectivity index (χ1n) is 3.62. The third kappa shape index (κ3) is 1.78. The van der Waals surface area contributed by atoms with Crippen molar-refractivity contribution in [2.45, 2.75) is 7.43 Å². The molecule has 0 aliphatic carbocycles. The van der Waals surface area contributed by atoms with Gasteiger partial charge in [-0.3, -0.25) is 4.79 Å². The highest BCUT2D eigenvalue weighted by Gasteiger charge is 2.10. The summed E-state index contributed by atoms with van der Waals surface area (Å²) in [5, 5.41) is 3.97. The van der Waals surface area contributed by atoms with Crippen molar-refractivity contribution in [2.24, 2.45) is 0 Å². The van der Waals surface area contributed by atoms with Crippen LogP contribution in [-0.4, -0.2) is 21.0 Å². The molecular weight excluding hydrogens is 216 g/mol. The fourth-order valence-electron chi connectivity index (χ4n) is 1.08. The number of thioether (sulfide) groups is 1. The van der Waals surface area contributed by atoms with Crippen LogP contribution in [0.5, 0.6) is 0 Å². The van der Waals surface area contributed by atoms with E-state index < -0.39 is 0 Å².